The van der Waals surface area contributed by atoms with Crippen molar-refractivity contribution in [2.75, 3.05) is 0 Å². The maximum atomic E-state index is 11.6. The van der Waals surface area contributed by atoms with Crippen LogP contribution in [0.2, 0.25) is 5.32 Å². The first-order chi connectivity index (χ1) is 10.8. The molecule has 0 fully saturated rings. The van der Waals surface area contributed by atoms with E-state index in [4.69, 9.17) is 10.8 Å². The van der Waals surface area contributed by atoms with Crippen molar-refractivity contribution in [3.8, 4) is 0 Å². The van der Waals surface area contributed by atoms with E-state index < -0.39 is 35.9 Å². The topological polar surface area (TPSA) is 156 Å². The van der Waals surface area contributed by atoms with Crippen LogP contribution in [-0.4, -0.2) is 69.6 Å². The number of carboxylic acids is 1. The molecule has 0 saturated heterocycles. The Bertz CT molecular complexity index is 445. The molecule has 5 N–H and O–H groups in total. The molecule has 0 saturated carbocycles. The summed E-state index contributed by atoms with van der Waals surface area (Å²) in [5.74, 6) is -2.12. The normalized spacial score (nSPS) is 14.2. The molecule has 130 valence electrons. The summed E-state index contributed by atoms with van der Waals surface area (Å²) in [6.07, 6.45) is 1.12. The number of amides is 2. The van der Waals surface area contributed by atoms with Crippen molar-refractivity contribution < 1.29 is 29.1 Å². The Morgan fingerprint density at radius 1 is 1.04 bits per heavy atom. The van der Waals surface area contributed by atoms with Gasteiger partial charge in [-0.1, -0.05) is 0 Å². The Labute approximate surface area is 141 Å². The molecule has 10 heteroatoms. The summed E-state index contributed by atoms with van der Waals surface area (Å²) < 4.78 is 0. The van der Waals surface area contributed by atoms with Gasteiger partial charge in [0.25, 0.3) is 0 Å². The fraction of sp³-hybridized carbons (Fsp3) is 0.615. The molecule has 0 spiro atoms. The van der Waals surface area contributed by atoms with Crippen LogP contribution in [0.5, 0.6) is 0 Å². The molecular weight excluding hydrogens is 373 g/mol. The zero-order valence-electron chi connectivity index (χ0n) is 12.4. The van der Waals surface area contributed by atoms with Crippen LogP contribution in [0.1, 0.15) is 25.7 Å². The standard InChI is InChI=1S/C13H21N3O6Se/c14-8(5-17)1-3-11(19)15-9(6-18)2-4-12(20)16-10(7-23)13(21)22/h5-6,8-10,23H,1-4,7,14H2,(H,15,19)(H,16,20)(H,21,22)/t8-,9-,10-/m0/s1. The molecule has 0 bridgehead atoms. The number of aliphatic carboxylic acids is 1. The third-order valence-corrected chi connectivity index (χ3v) is 3.65. The van der Waals surface area contributed by atoms with Gasteiger partial charge in [0.2, 0.25) is 0 Å². The van der Waals surface area contributed by atoms with Gasteiger partial charge < -0.3 is 10.5 Å². The molecule has 23 heavy (non-hydrogen) atoms. The summed E-state index contributed by atoms with van der Waals surface area (Å²) in [6, 6.07) is -2.60. The minimum absolute atomic E-state index is 0.00865. The Balaban J connectivity index is 4.21. The van der Waals surface area contributed by atoms with Crippen LogP contribution in [0.25, 0.3) is 0 Å². The molecule has 0 heterocycles. The van der Waals surface area contributed by atoms with Crippen LogP contribution in [-0.2, 0) is 24.0 Å². The van der Waals surface area contributed by atoms with Crippen molar-refractivity contribution in [1.29, 1.82) is 0 Å². The van der Waals surface area contributed by atoms with Crippen LogP contribution in [0.15, 0.2) is 0 Å². The van der Waals surface area contributed by atoms with Gasteiger partial charge in [0.15, 0.2) is 0 Å². The van der Waals surface area contributed by atoms with E-state index in [0.29, 0.717) is 12.6 Å². The van der Waals surface area contributed by atoms with Crippen molar-refractivity contribution in [2.45, 2.75) is 49.1 Å². The van der Waals surface area contributed by atoms with Crippen LogP contribution in [0, 0.1) is 0 Å². The number of aldehydes is 2. The quantitative estimate of drug-likeness (QED) is 0.213. The van der Waals surface area contributed by atoms with E-state index in [1.54, 1.807) is 0 Å². The zero-order valence-corrected chi connectivity index (χ0v) is 14.3. The summed E-state index contributed by atoms with van der Waals surface area (Å²) >= 11 is 2.07. The molecule has 0 unspecified atom stereocenters. The summed E-state index contributed by atoms with van der Waals surface area (Å²) in [4.78, 5) is 55.2. The molecule has 0 radical (unpaired) electrons. The summed E-state index contributed by atoms with van der Waals surface area (Å²) in [6.45, 7) is 0. The van der Waals surface area contributed by atoms with E-state index in [9.17, 15) is 24.0 Å². The molecule has 0 aromatic heterocycles. The molecule has 0 aromatic carbocycles. The first kappa shape index (κ1) is 21.2. The van der Waals surface area contributed by atoms with Gasteiger partial charge in [-0.2, -0.15) is 0 Å². The minimum atomic E-state index is -1.15. The fourth-order valence-corrected chi connectivity index (χ4v) is 2.08. The number of nitrogens with two attached hydrogens (primary N) is 1. The summed E-state index contributed by atoms with van der Waals surface area (Å²) in [7, 11) is 0. The van der Waals surface area contributed by atoms with Crippen molar-refractivity contribution in [1.82, 2.24) is 10.6 Å². The molecular formula is C13H21N3O6Se. The van der Waals surface area contributed by atoms with E-state index in [2.05, 4.69) is 26.6 Å². The summed E-state index contributed by atoms with van der Waals surface area (Å²) in [5.41, 5.74) is 5.35. The SMILES string of the molecule is N[C@H](C=O)CCC(=O)N[C@H](C=O)CCC(=O)N[C@@H](C[SeH])C(=O)O. The first-order valence-corrected chi connectivity index (χ1v) is 8.25. The number of carboxylic acid groups (broad SMARTS) is 1. The molecule has 9 nitrogen and oxygen atoms in total. The third-order valence-electron chi connectivity index (χ3n) is 2.89. The van der Waals surface area contributed by atoms with E-state index in [0.717, 1.165) is 0 Å². The number of rotatable bonds is 12. The van der Waals surface area contributed by atoms with Gasteiger partial charge in [-0.05, 0) is 0 Å². The Kier molecular flexibility index (Phi) is 10.8. The van der Waals surface area contributed by atoms with Crippen molar-refractivity contribution in [3.63, 3.8) is 0 Å². The molecule has 0 aliphatic heterocycles. The monoisotopic (exact) mass is 395 g/mol. The molecule has 0 aliphatic rings. The predicted molar refractivity (Wildman–Crippen MR) is 82.0 cm³/mol. The van der Waals surface area contributed by atoms with Crippen LogP contribution in [0.4, 0.5) is 0 Å². The number of nitrogens with one attached hydrogen (secondary N) is 2. The van der Waals surface area contributed by atoms with E-state index in [1.165, 1.54) is 0 Å². The van der Waals surface area contributed by atoms with E-state index in [1.807, 2.05) is 0 Å². The third kappa shape index (κ3) is 9.77. The average molecular weight is 394 g/mol. The van der Waals surface area contributed by atoms with Gasteiger partial charge in [0, 0.05) is 0 Å². The predicted octanol–water partition coefficient (Wildman–Crippen LogP) is -2.35. The van der Waals surface area contributed by atoms with Gasteiger partial charge in [0.1, 0.15) is 6.29 Å². The first-order valence-electron chi connectivity index (χ1n) is 6.92. The summed E-state index contributed by atoms with van der Waals surface area (Å²) in [5, 5.41) is 13.7. The Hall–Kier alpha value is -1.77. The molecule has 2 amide bonds. The zero-order chi connectivity index (χ0) is 17.8. The maximum absolute atomic E-state index is 11.6. The van der Waals surface area contributed by atoms with Gasteiger partial charge in [-0.15, -0.1) is 0 Å². The average Bonchev–Trinajstić information content (AvgIpc) is 2.53. The van der Waals surface area contributed by atoms with Gasteiger partial charge >= 0.3 is 124 Å². The number of carbonyl (C=O) groups excluding carboxylic acids is 4. The molecule has 0 rings (SSSR count). The second-order valence-electron chi connectivity index (χ2n) is 4.83. The Morgan fingerprint density at radius 3 is 2.09 bits per heavy atom. The van der Waals surface area contributed by atoms with E-state index in [-0.39, 0.29) is 31.0 Å². The van der Waals surface area contributed by atoms with Gasteiger partial charge in [0.05, 0.1) is 0 Å². The second kappa shape index (κ2) is 11.8. The number of hydrogen-bond acceptors (Lipinski definition) is 6. The van der Waals surface area contributed by atoms with Gasteiger partial charge in [-0.3, -0.25) is 0 Å². The number of hydrogen-bond donors (Lipinski definition) is 4. The van der Waals surface area contributed by atoms with Crippen LogP contribution >= 0.6 is 0 Å². The van der Waals surface area contributed by atoms with Crippen LogP contribution in [0.3, 0.4) is 0 Å². The van der Waals surface area contributed by atoms with Crippen molar-refractivity contribution in [3.05, 3.63) is 0 Å². The molecule has 0 aliphatic carbocycles. The van der Waals surface area contributed by atoms with Gasteiger partial charge in [-0.25, -0.2) is 0 Å². The van der Waals surface area contributed by atoms with E-state index >= 15 is 0 Å². The number of carbonyl (C=O) groups is 5. The fourth-order valence-electron chi connectivity index (χ4n) is 1.56. The van der Waals surface area contributed by atoms with Crippen LogP contribution < -0.4 is 16.4 Å². The molecule has 0 aromatic rings. The van der Waals surface area contributed by atoms with Crippen molar-refractivity contribution >= 4 is 46.4 Å². The van der Waals surface area contributed by atoms with Crippen molar-refractivity contribution in [2.24, 2.45) is 5.73 Å². The molecule has 3 atom stereocenters. The second-order valence-corrected chi connectivity index (χ2v) is 5.59. The Morgan fingerprint density at radius 2 is 1.61 bits per heavy atom.